The molecule has 7 nitrogen and oxygen atoms in total. The molecule has 2 saturated heterocycles. The molecular formula is C25H32N4O3. The molecule has 3 heterocycles. The number of hydrogen-bond acceptors (Lipinski definition) is 5. The van der Waals surface area contributed by atoms with Crippen molar-refractivity contribution in [2.75, 3.05) is 37.7 Å². The SMILES string of the molecule is O=C(NC1CCN(c2ccccn2)CC1)C1CCN(C(=O)CCOc2ccccc2)CC1. The highest BCUT2D eigenvalue weighted by atomic mass is 16.5. The molecule has 0 aliphatic carbocycles. The lowest BCUT2D eigenvalue weighted by atomic mass is 9.94. The number of carbonyl (C=O) groups excluding carboxylic acids is 2. The zero-order chi connectivity index (χ0) is 22.2. The van der Waals surface area contributed by atoms with Crippen molar-refractivity contribution in [2.24, 2.45) is 5.92 Å². The van der Waals surface area contributed by atoms with E-state index in [4.69, 9.17) is 4.74 Å². The molecule has 0 bridgehead atoms. The van der Waals surface area contributed by atoms with Crippen LogP contribution < -0.4 is 15.0 Å². The summed E-state index contributed by atoms with van der Waals surface area (Å²) in [4.78, 5) is 33.8. The van der Waals surface area contributed by atoms with Gasteiger partial charge in [-0.25, -0.2) is 4.98 Å². The molecule has 7 heteroatoms. The Balaban J connectivity index is 1.14. The molecule has 0 saturated carbocycles. The summed E-state index contributed by atoms with van der Waals surface area (Å²) >= 11 is 0. The number of carbonyl (C=O) groups is 2. The number of anilines is 1. The Morgan fingerprint density at radius 2 is 1.66 bits per heavy atom. The Labute approximate surface area is 189 Å². The van der Waals surface area contributed by atoms with E-state index in [1.165, 1.54) is 0 Å². The summed E-state index contributed by atoms with van der Waals surface area (Å²) in [5, 5.41) is 3.25. The molecule has 2 amide bonds. The van der Waals surface area contributed by atoms with Crippen LogP contribution in [-0.2, 0) is 9.59 Å². The minimum Gasteiger partial charge on any atom is -0.493 e. The molecule has 4 rings (SSSR count). The highest BCUT2D eigenvalue weighted by Crippen LogP contribution is 2.21. The summed E-state index contributed by atoms with van der Waals surface area (Å²) in [6.45, 7) is 3.46. The summed E-state index contributed by atoms with van der Waals surface area (Å²) < 4.78 is 5.63. The molecule has 2 aromatic rings. The number of rotatable bonds is 7. The predicted molar refractivity (Wildman–Crippen MR) is 123 cm³/mol. The number of ether oxygens (including phenoxy) is 1. The molecule has 1 aromatic carbocycles. The number of amides is 2. The van der Waals surface area contributed by atoms with Gasteiger partial charge in [0.05, 0.1) is 13.0 Å². The smallest absolute Gasteiger partial charge is 0.225 e. The van der Waals surface area contributed by atoms with Gasteiger partial charge in [-0.1, -0.05) is 24.3 Å². The van der Waals surface area contributed by atoms with Gasteiger partial charge in [0.15, 0.2) is 0 Å². The van der Waals surface area contributed by atoms with Gasteiger partial charge in [-0.3, -0.25) is 9.59 Å². The van der Waals surface area contributed by atoms with Crippen molar-refractivity contribution in [2.45, 2.75) is 38.1 Å². The molecule has 0 spiro atoms. The van der Waals surface area contributed by atoms with E-state index in [-0.39, 0.29) is 23.8 Å². The minimum absolute atomic E-state index is 0.00608. The van der Waals surface area contributed by atoms with E-state index in [0.717, 1.165) is 50.3 Å². The van der Waals surface area contributed by atoms with Crippen molar-refractivity contribution >= 4 is 17.6 Å². The number of aromatic nitrogens is 1. The van der Waals surface area contributed by atoms with Gasteiger partial charge >= 0.3 is 0 Å². The van der Waals surface area contributed by atoms with Crippen LogP contribution in [0.3, 0.4) is 0 Å². The average molecular weight is 437 g/mol. The Morgan fingerprint density at radius 1 is 0.938 bits per heavy atom. The first-order valence-corrected chi connectivity index (χ1v) is 11.6. The zero-order valence-corrected chi connectivity index (χ0v) is 18.5. The fourth-order valence-electron chi connectivity index (χ4n) is 4.43. The second-order valence-electron chi connectivity index (χ2n) is 8.52. The normalized spacial score (nSPS) is 17.8. The summed E-state index contributed by atoms with van der Waals surface area (Å²) in [6, 6.07) is 15.7. The van der Waals surface area contributed by atoms with Crippen LogP contribution in [0.4, 0.5) is 5.82 Å². The van der Waals surface area contributed by atoms with E-state index >= 15 is 0 Å². The quantitative estimate of drug-likeness (QED) is 0.722. The first kappa shape index (κ1) is 22.1. The van der Waals surface area contributed by atoms with Gasteiger partial charge in [-0.15, -0.1) is 0 Å². The molecule has 32 heavy (non-hydrogen) atoms. The van der Waals surface area contributed by atoms with E-state index in [1.54, 1.807) is 0 Å². The van der Waals surface area contributed by atoms with E-state index in [2.05, 4.69) is 15.2 Å². The van der Waals surface area contributed by atoms with Crippen LogP contribution in [0.25, 0.3) is 0 Å². The number of hydrogen-bond donors (Lipinski definition) is 1. The molecule has 2 aliphatic heterocycles. The van der Waals surface area contributed by atoms with Gasteiger partial charge in [-0.2, -0.15) is 0 Å². The first-order chi connectivity index (χ1) is 15.7. The van der Waals surface area contributed by atoms with Crippen LogP contribution in [0.5, 0.6) is 5.75 Å². The fraction of sp³-hybridized carbons (Fsp3) is 0.480. The summed E-state index contributed by atoms with van der Waals surface area (Å²) in [6.07, 6.45) is 5.49. The molecule has 2 fully saturated rings. The summed E-state index contributed by atoms with van der Waals surface area (Å²) in [5.41, 5.74) is 0. The van der Waals surface area contributed by atoms with E-state index < -0.39 is 0 Å². The van der Waals surface area contributed by atoms with Crippen LogP contribution in [0.15, 0.2) is 54.7 Å². The Morgan fingerprint density at radius 3 is 2.34 bits per heavy atom. The molecule has 1 N–H and O–H groups in total. The van der Waals surface area contributed by atoms with Crippen LogP contribution in [0.1, 0.15) is 32.1 Å². The second kappa shape index (κ2) is 11.0. The highest BCUT2D eigenvalue weighted by molar-refractivity contribution is 5.80. The number of pyridine rings is 1. The van der Waals surface area contributed by atoms with Gasteiger partial charge < -0.3 is 19.9 Å². The lowest BCUT2D eigenvalue weighted by Crippen LogP contribution is -2.49. The second-order valence-corrected chi connectivity index (χ2v) is 8.52. The Bertz CT molecular complexity index is 861. The van der Waals surface area contributed by atoms with E-state index in [9.17, 15) is 9.59 Å². The maximum atomic E-state index is 12.8. The number of nitrogens with zero attached hydrogens (tertiary/aromatic N) is 3. The third-order valence-corrected chi connectivity index (χ3v) is 6.36. The first-order valence-electron chi connectivity index (χ1n) is 11.6. The van der Waals surface area contributed by atoms with Gasteiger partial charge in [0, 0.05) is 44.3 Å². The molecule has 0 atom stereocenters. The van der Waals surface area contributed by atoms with Crippen LogP contribution >= 0.6 is 0 Å². The molecule has 1 aromatic heterocycles. The van der Waals surface area contributed by atoms with E-state index in [1.807, 2.05) is 59.6 Å². The van der Waals surface area contributed by atoms with Crippen LogP contribution in [0.2, 0.25) is 0 Å². The summed E-state index contributed by atoms with van der Waals surface area (Å²) in [7, 11) is 0. The third-order valence-electron chi connectivity index (χ3n) is 6.36. The molecule has 0 radical (unpaired) electrons. The minimum atomic E-state index is -0.00608. The van der Waals surface area contributed by atoms with Crippen molar-refractivity contribution in [3.8, 4) is 5.75 Å². The largest absolute Gasteiger partial charge is 0.493 e. The fourth-order valence-corrected chi connectivity index (χ4v) is 4.43. The van der Waals surface area contributed by atoms with Crippen molar-refractivity contribution < 1.29 is 14.3 Å². The summed E-state index contributed by atoms with van der Waals surface area (Å²) in [5.74, 6) is 2.01. The average Bonchev–Trinajstić information content (AvgIpc) is 2.86. The number of likely N-dealkylation sites (tertiary alicyclic amines) is 1. The number of benzene rings is 1. The number of nitrogens with one attached hydrogen (secondary N) is 1. The molecule has 170 valence electrons. The van der Waals surface area contributed by atoms with Crippen LogP contribution in [-0.4, -0.2) is 60.5 Å². The number of piperidine rings is 2. The third kappa shape index (κ3) is 5.99. The van der Waals surface area contributed by atoms with Crippen molar-refractivity contribution in [3.05, 3.63) is 54.7 Å². The Kier molecular flexibility index (Phi) is 7.59. The lowest BCUT2D eigenvalue weighted by molar-refractivity contribution is -0.136. The number of para-hydroxylation sites is 1. The topological polar surface area (TPSA) is 74.8 Å². The maximum absolute atomic E-state index is 12.8. The standard InChI is InChI=1S/C25H32N4O3/c30-24(13-19-32-22-6-2-1-3-7-22)29-15-9-20(10-16-29)25(31)27-21-11-17-28(18-12-21)23-8-4-5-14-26-23/h1-8,14,20-21H,9-13,15-19H2,(H,27,31). The lowest BCUT2D eigenvalue weighted by Gasteiger charge is -2.35. The van der Waals surface area contributed by atoms with Crippen molar-refractivity contribution in [1.29, 1.82) is 0 Å². The maximum Gasteiger partial charge on any atom is 0.225 e. The monoisotopic (exact) mass is 436 g/mol. The molecular weight excluding hydrogens is 404 g/mol. The van der Waals surface area contributed by atoms with Gasteiger partial charge in [-0.05, 0) is 49.9 Å². The highest BCUT2D eigenvalue weighted by Gasteiger charge is 2.29. The molecule has 2 aliphatic rings. The van der Waals surface area contributed by atoms with Crippen molar-refractivity contribution in [3.63, 3.8) is 0 Å². The van der Waals surface area contributed by atoms with Gasteiger partial charge in [0.1, 0.15) is 11.6 Å². The van der Waals surface area contributed by atoms with Crippen LogP contribution in [0, 0.1) is 5.92 Å². The Hall–Kier alpha value is -3.09. The molecule has 0 unspecified atom stereocenters. The van der Waals surface area contributed by atoms with Gasteiger partial charge in [0.25, 0.3) is 0 Å². The van der Waals surface area contributed by atoms with Crippen molar-refractivity contribution in [1.82, 2.24) is 15.2 Å². The van der Waals surface area contributed by atoms with Gasteiger partial charge in [0.2, 0.25) is 11.8 Å². The zero-order valence-electron chi connectivity index (χ0n) is 18.5. The predicted octanol–water partition coefficient (Wildman–Crippen LogP) is 2.87. The van der Waals surface area contributed by atoms with E-state index in [0.29, 0.717) is 26.1 Å².